The van der Waals surface area contributed by atoms with Crippen molar-refractivity contribution in [1.29, 1.82) is 0 Å². The molecule has 20 heavy (non-hydrogen) atoms. The Balaban J connectivity index is 2.26. The molecular weight excluding hydrogens is 324 g/mol. The van der Waals surface area contributed by atoms with Crippen molar-refractivity contribution in [3.05, 3.63) is 34.4 Å². The largest absolute Gasteiger partial charge is 0.322 e. The minimum absolute atomic E-state index is 0.219. The fraction of sp³-hybridized carbons (Fsp3) is 0.357. The molecule has 2 aliphatic rings. The van der Waals surface area contributed by atoms with Gasteiger partial charge in [-0.1, -0.05) is 34.7 Å². The maximum absolute atomic E-state index is 12.4. The van der Waals surface area contributed by atoms with Crippen molar-refractivity contribution in [1.82, 2.24) is 10.2 Å². The topological polar surface area (TPSA) is 66.5 Å². The molecule has 1 N–H and O–H groups in total. The van der Waals surface area contributed by atoms with Crippen LogP contribution in [0.5, 0.6) is 0 Å². The number of allylic oxidation sites excluding steroid dienone is 1. The van der Waals surface area contributed by atoms with Gasteiger partial charge in [0, 0.05) is 23.0 Å². The van der Waals surface area contributed by atoms with Crippen LogP contribution in [-0.2, 0) is 14.4 Å². The summed E-state index contributed by atoms with van der Waals surface area (Å²) >= 11 is 3.41. The van der Waals surface area contributed by atoms with Crippen LogP contribution in [0.25, 0.3) is 0 Å². The highest BCUT2D eigenvalue weighted by Gasteiger charge is 2.39. The summed E-state index contributed by atoms with van der Waals surface area (Å²) < 4.78 is 0.815. The second kappa shape index (κ2) is 5.75. The van der Waals surface area contributed by atoms with E-state index in [9.17, 15) is 14.4 Å². The Morgan fingerprint density at radius 3 is 2.70 bits per heavy atom. The quantitative estimate of drug-likeness (QED) is 0.791. The lowest BCUT2D eigenvalue weighted by Gasteiger charge is -2.29. The maximum atomic E-state index is 12.4. The van der Waals surface area contributed by atoms with Gasteiger partial charge >= 0.3 is 0 Å². The third-order valence-corrected chi connectivity index (χ3v) is 4.41. The first-order valence-electron chi connectivity index (χ1n) is 6.32. The number of amides is 3. The molecule has 3 amide bonds. The van der Waals surface area contributed by atoms with Crippen LogP contribution in [0.2, 0.25) is 0 Å². The SMILES string of the molecule is C=CC1=C(/C(Br)=C\C)CN(C2CCC(=O)NC2=O)C1=O. The van der Waals surface area contributed by atoms with Crippen LogP contribution in [0.4, 0.5) is 0 Å². The fourth-order valence-corrected chi connectivity index (χ4v) is 2.77. The van der Waals surface area contributed by atoms with E-state index < -0.39 is 11.9 Å². The normalized spacial score (nSPS) is 24.3. The van der Waals surface area contributed by atoms with Crippen molar-refractivity contribution in [3.8, 4) is 0 Å². The van der Waals surface area contributed by atoms with Crippen molar-refractivity contribution in [2.75, 3.05) is 6.54 Å². The lowest BCUT2D eigenvalue weighted by Crippen LogP contribution is -2.53. The summed E-state index contributed by atoms with van der Waals surface area (Å²) in [6.45, 7) is 5.87. The minimum Gasteiger partial charge on any atom is -0.322 e. The molecule has 5 nitrogen and oxygen atoms in total. The Kier molecular flexibility index (Phi) is 4.23. The highest BCUT2D eigenvalue weighted by molar-refractivity contribution is 9.12. The number of nitrogens with one attached hydrogen (secondary N) is 1. The van der Waals surface area contributed by atoms with Crippen LogP contribution in [-0.4, -0.2) is 35.2 Å². The minimum atomic E-state index is -0.593. The van der Waals surface area contributed by atoms with Crippen LogP contribution in [0.15, 0.2) is 34.4 Å². The highest BCUT2D eigenvalue weighted by atomic mass is 79.9. The molecule has 2 rings (SSSR count). The first-order valence-corrected chi connectivity index (χ1v) is 7.11. The fourth-order valence-electron chi connectivity index (χ4n) is 2.43. The number of rotatable bonds is 3. The average Bonchev–Trinajstić information content (AvgIpc) is 2.75. The Labute approximate surface area is 125 Å². The van der Waals surface area contributed by atoms with Gasteiger partial charge in [-0.15, -0.1) is 0 Å². The van der Waals surface area contributed by atoms with Gasteiger partial charge in [0.25, 0.3) is 5.91 Å². The number of hydrogen-bond acceptors (Lipinski definition) is 3. The van der Waals surface area contributed by atoms with E-state index in [1.807, 2.05) is 13.0 Å². The average molecular weight is 339 g/mol. The molecule has 2 heterocycles. The molecule has 6 heteroatoms. The molecule has 1 fully saturated rings. The summed E-state index contributed by atoms with van der Waals surface area (Å²) in [5.41, 5.74) is 1.32. The van der Waals surface area contributed by atoms with E-state index in [0.29, 0.717) is 18.5 Å². The molecule has 0 bridgehead atoms. The highest BCUT2D eigenvalue weighted by Crippen LogP contribution is 2.31. The van der Waals surface area contributed by atoms with E-state index in [-0.39, 0.29) is 18.2 Å². The van der Waals surface area contributed by atoms with Gasteiger partial charge < -0.3 is 4.90 Å². The van der Waals surface area contributed by atoms with Gasteiger partial charge in [0.2, 0.25) is 11.8 Å². The summed E-state index contributed by atoms with van der Waals surface area (Å²) in [5.74, 6) is -0.913. The van der Waals surface area contributed by atoms with E-state index in [1.54, 1.807) is 0 Å². The molecule has 2 aliphatic heterocycles. The maximum Gasteiger partial charge on any atom is 0.255 e. The standard InChI is InChI=1S/C14H15BrN2O3/c1-3-8-9(10(15)4-2)7-17(14(8)20)11-5-6-12(18)16-13(11)19/h3-4,11H,1,5-7H2,2H3,(H,16,18,19)/b10-4+. The molecule has 1 atom stereocenters. The Morgan fingerprint density at radius 1 is 1.45 bits per heavy atom. The van der Waals surface area contributed by atoms with Crippen molar-refractivity contribution in [3.63, 3.8) is 0 Å². The molecule has 106 valence electrons. The molecule has 0 radical (unpaired) electrons. The number of imide groups is 1. The van der Waals surface area contributed by atoms with Crippen molar-refractivity contribution in [2.24, 2.45) is 0 Å². The monoisotopic (exact) mass is 338 g/mol. The van der Waals surface area contributed by atoms with Gasteiger partial charge in [-0.3, -0.25) is 19.7 Å². The zero-order chi connectivity index (χ0) is 14.9. The van der Waals surface area contributed by atoms with Crippen LogP contribution in [0, 0.1) is 0 Å². The summed E-state index contributed by atoms with van der Waals surface area (Å²) in [7, 11) is 0. The zero-order valence-corrected chi connectivity index (χ0v) is 12.7. The molecule has 0 aromatic carbocycles. The molecule has 0 spiro atoms. The number of hydrogen-bond donors (Lipinski definition) is 1. The van der Waals surface area contributed by atoms with Gasteiger partial charge in [0.15, 0.2) is 0 Å². The second-order valence-corrected chi connectivity index (χ2v) is 5.49. The first-order chi connectivity index (χ1) is 9.49. The lowest BCUT2D eigenvalue weighted by atomic mass is 10.0. The van der Waals surface area contributed by atoms with Gasteiger partial charge in [-0.05, 0) is 18.9 Å². The van der Waals surface area contributed by atoms with Crippen molar-refractivity contribution < 1.29 is 14.4 Å². The molecule has 1 saturated heterocycles. The summed E-state index contributed by atoms with van der Waals surface area (Å²) in [4.78, 5) is 36.9. The van der Waals surface area contributed by atoms with Gasteiger partial charge in [0.1, 0.15) is 6.04 Å². The summed E-state index contributed by atoms with van der Waals surface area (Å²) in [5, 5.41) is 2.28. The van der Waals surface area contributed by atoms with Crippen molar-refractivity contribution in [2.45, 2.75) is 25.8 Å². The third kappa shape index (κ3) is 2.47. The van der Waals surface area contributed by atoms with E-state index in [0.717, 1.165) is 10.1 Å². The smallest absolute Gasteiger partial charge is 0.255 e. The van der Waals surface area contributed by atoms with E-state index in [4.69, 9.17) is 0 Å². The number of carbonyl (C=O) groups excluding carboxylic acids is 3. The molecule has 0 aliphatic carbocycles. The van der Waals surface area contributed by atoms with E-state index >= 15 is 0 Å². The Bertz CT molecular complexity index is 563. The van der Waals surface area contributed by atoms with Crippen LogP contribution >= 0.6 is 15.9 Å². The predicted molar refractivity (Wildman–Crippen MR) is 77.8 cm³/mol. The van der Waals surface area contributed by atoms with Gasteiger partial charge in [-0.2, -0.15) is 0 Å². The van der Waals surface area contributed by atoms with Crippen molar-refractivity contribution >= 4 is 33.7 Å². The Morgan fingerprint density at radius 2 is 2.15 bits per heavy atom. The Hall–Kier alpha value is -1.69. The van der Waals surface area contributed by atoms with E-state index in [2.05, 4.69) is 27.8 Å². The summed E-state index contributed by atoms with van der Waals surface area (Å²) in [6, 6.07) is -0.593. The van der Waals surface area contributed by atoms with Gasteiger partial charge in [0.05, 0.1) is 0 Å². The predicted octanol–water partition coefficient (Wildman–Crippen LogP) is 1.42. The zero-order valence-electron chi connectivity index (χ0n) is 11.1. The summed E-state index contributed by atoms with van der Waals surface area (Å²) in [6.07, 6.45) is 3.97. The number of piperidine rings is 1. The first kappa shape index (κ1) is 14.7. The molecule has 0 saturated carbocycles. The number of nitrogens with zero attached hydrogens (tertiary/aromatic N) is 1. The molecule has 0 aromatic heterocycles. The molecule has 1 unspecified atom stereocenters. The molecule has 0 aromatic rings. The van der Waals surface area contributed by atoms with Crippen LogP contribution < -0.4 is 5.32 Å². The van der Waals surface area contributed by atoms with Gasteiger partial charge in [-0.25, -0.2) is 0 Å². The lowest BCUT2D eigenvalue weighted by molar-refractivity contribution is -0.142. The third-order valence-electron chi connectivity index (χ3n) is 3.48. The van der Waals surface area contributed by atoms with Crippen LogP contribution in [0.1, 0.15) is 19.8 Å². The van der Waals surface area contributed by atoms with E-state index in [1.165, 1.54) is 11.0 Å². The second-order valence-electron chi connectivity index (χ2n) is 4.63. The number of halogens is 1. The molecular formula is C14H15BrN2O3. The number of carbonyl (C=O) groups is 3. The van der Waals surface area contributed by atoms with Crippen LogP contribution in [0.3, 0.4) is 0 Å².